The molecule has 0 aliphatic heterocycles. The van der Waals surface area contributed by atoms with E-state index < -0.39 is 6.61 Å². The summed E-state index contributed by atoms with van der Waals surface area (Å²) in [5, 5.41) is 8.44. The Balaban J connectivity index is 1.71. The van der Waals surface area contributed by atoms with Crippen molar-refractivity contribution in [3.05, 3.63) is 42.0 Å². The lowest BCUT2D eigenvalue weighted by atomic mass is 10.2. The fraction of sp³-hybridized carbons (Fsp3) is 0.263. The quantitative estimate of drug-likeness (QED) is 0.459. The standard InChI is InChI=1S/C19H18F2N2O5S/c1-24-13-7-12(8-14(9-13)25-2)17-22-23-19(28-17)29-10-11-4-5-15(27-18(20)21)16(6-11)26-3/h4-9,18H,10H2,1-3H3. The fourth-order valence-corrected chi connectivity index (χ4v) is 3.16. The average molecular weight is 424 g/mol. The first-order valence-electron chi connectivity index (χ1n) is 8.34. The van der Waals surface area contributed by atoms with Crippen LogP contribution in [0.2, 0.25) is 0 Å². The van der Waals surface area contributed by atoms with Gasteiger partial charge in [-0.25, -0.2) is 0 Å². The van der Waals surface area contributed by atoms with E-state index >= 15 is 0 Å². The maximum Gasteiger partial charge on any atom is 0.387 e. The van der Waals surface area contributed by atoms with Gasteiger partial charge in [-0.3, -0.25) is 0 Å². The van der Waals surface area contributed by atoms with Gasteiger partial charge in [0.2, 0.25) is 5.89 Å². The minimum Gasteiger partial charge on any atom is -0.497 e. The molecule has 7 nitrogen and oxygen atoms in total. The molecule has 2 aromatic carbocycles. The first-order chi connectivity index (χ1) is 14.0. The number of hydrogen-bond donors (Lipinski definition) is 0. The third-order valence-corrected chi connectivity index (χ3v) is 4.70. The summed E-state index contributed by atoms with van der Waals surface area (Å²) < 4.78 is 50.5. The Kier molecular flexibility index (Phi) is 6.76. The normalized spacial score (nSPS) is 10.8. The average Bonchev–Trinajstić information content (AvgIpc) is 3.21. The number of nitrogens with zero attached hydrogens (tertiary/aromatic N) is 2. The van der Waals surface area contributed by atoms with Gasteiger partial charge in [0, 0.05) is 17.4 Å². The van der Waals surface area contributed by atoms with Gasteiger partial charge in [0.15, 0.2) is 11.5 Å². The van der Waals surface area contributed by atoms with Crippen molar-refractivity contribution in [2.75, 3.05) is 21.3 Å². The largest absolute Gasteiger partial charge is 0.497 e. The number of methoxy groups -OCH3 is 3. The molecule has 0 radical (unpaired) electrons. The number of halogens is 2. The van der Waals surface area contributed by atoms with E-state index in [0.717, 1.165) is 5.56 Å². The summed E-state index contributed by atoms with van der Waals surface area (Å²) in [5.41, 5.74) is 1.48. The van der Waals surface area contributed by atoms with Crippen LogP contribution in [0.3, 0.4) is 0 Å². The first-order valence-corrected chi connectivity index (χ1v) is 9.32. The van der Waals surface area contributed by atoms with Crippen molar-refractivity contribution < 1.29 is 32.1 Å². The molecule has 0 saturated heterocycles. The molecule has 0 fully saturated rings. The van der Waals surface area contributed by atoms with Crippen molar-refractivity contribution in [3.63, 3.8) is 0 Å². The molecule has 29 heavy (non-hydrogen) atoms. The summed E-state index contributed by atoms with van der Waals surface area (Å²) in [6.07, 6.45) is 0. The van der Waals surface area contributed by atoms with E-state index in [4.69, 9.17) is 18.6 Å². The van der Waals surface area contributed by atoms with Gasteiger partial charge < -0.3 is 23.4 Å². The van der Waals surface area contributed by atoms with Crippen LogP contribution in [0.25, 0.3) is 11.5 Å². The lowest BCUT2D eigenvalue weighted by Crippen LogP contribution is -2.03. The van der Waals surface area contributed by atoms with Gasteiger partial charge in [-0.15, -0.1) is 10.2 Å². The number of aromatic nitrogens is 2. The molecular formula is C19H18F2N2O5S. The van der Waals surface area contributed by atoms with Crippen molar-refractivity contribution in [1.82, 2.24) is 10.2 Å². The molecule has 1 aromatic heterocycles. The SMILES string of the molecule is COc1cc(OC)cc(-c2nnc(SCc3ccc(OC(F)F)c(OC)c3)o2)c1. The second-order valence-corrected chi connectivity index (χ2v) is 6.55. The summed E-state index contributed by atoms with van der Waals surface area (Å²) >= 11 is 1.30. The van der Waals surface area contributed by atoms with E-state index in [9.17, 15) is 8.78 Å². The van der Waals surface area contributed by atoms with Crippen LogP contribution in [0.4, 0.5) is 8.78 Å². The molecular weight excluding hydrogens is 406 g/mol. The Morgan fingerprint density at radius 1 is 0.931 bits per heavy atom. The van der Waals surface area contributed by atoms with Crippen LogP contribution in [0.15, 0.2) is 46.0 Å². The molecule has 0 atom stereocenters. The van der Waals surface area contributed by atoms with Crippen molar-refractivity contribution in [2.45, 2.75) is 17.6 Å². The Bertz CT molecular complexity index is 945. The monoisotopic (exact) mass is 424 g/mol. The molecule has 3 rings (SSSR count). The van der Waals surface area contributed by atoms with Crippen LogP contribution < -0.4 is 18.9 Å². The van der Waals surface area contributed by atoms with Gasteiger partial charge in [-0.05, 0) is 29.8 Å². The Morgan fingerprint density at radius 3 is 2.28 bits per heavy atom. The Hall–Kier alpha value is -3.01. The van der Waals surface area contributed by atoms with Gasteiger partial charge >= 0.3 is 6.61 Å². The summed E-state index contributed by atoms with van der Waals surface area (Å²) in [7, 11) is 4.50. The minimum atomic E-state index is -2.92. The van der Waals surface area contributed by atoms with Crippen molar-refractivity contribution in [2.24, 2.45) is 0 Å². The number of alkyl halides is 2. The molecule has 154 valence electrons. The van der Waals surface area contributed by atoms with Crippen LogP contribution in [0.5, 0.6) is 23.0 Å². The lowest BCUT2D eigenvalue weighted by Gasteiger charge is -2.10. The van der Waals surface area contributed by atoms with Gasteiger partial charge in [0.25, 0.3) is 5.22 Å². The molecule has 0 amide bonds. The zero-order valence-corrected chi connectivity index (χ0v) is 16.7. The number of rotatable bonds is 9. The van der Waals surface area contributed by atoms with Crippen LogP contribution in [0, 0.1) is 0 Å². The fourth-order valence-electron chi connectivity index (χ4n) is 2.46. The van der Waals surface area contributed by atoms with E-state index in [-0.39, 0.29) is 11.5 Å². The molecule has 0 aliphatic carbocycles. The van der Waals surface area contributed by atoms with Crippen LogP contribution >= 0.6 is 11.8 Å². The van der Waals surface area contributed by atoms with Gasteiger partial charge in [-0.2, -0.15) is 8.78 Å². The predicted octanol–water partition coefficient (Wildman–Crippen LogP) is 4.66. The Morgan fingerprint density at radius 2 is 1.66 bits per heavy atom. The molecule has 0 aliphatic rings. The zero-order chi connectivity index (χ0) is 20.8. The van der Waals surface area contributed by atoms with Crippen molar-refractivity contribution in [3.8, 4) is 34.5 Å². The summed E-state index contributed by atoms with van der Waals surface area (Å²) in [5.74, 6) is 2.19. The first kappa shape index (κ1) is 20.7. The lowest BCUT2D eigenvalue weighted by molar-refractivity contribution is -0.0512. The molecule has 0 N–H and O–H groups in total. The maximum absolute atomic E-state index is 12.4. The third-order valence-electron chi connectivity index (χ3n) is 3.81. The minimum absolute atomic E-state index is 0.0247. The second-order valence-electron chi connectivity index (χ2n) is 5.63. The summed E-state index contributed by atoms with van der Waals surface area (Å²) in [4.78, 5) is 0. The van der Waals surface area contributed by atoms with E-state index in [1.54, 1.807) is 44.6 Å². The van der Waals surface area contributed by atoms with Gasteiger partial charge in [0.05, 0.1) is 21.3 Å². The second kappa shape index (κ2) is 9.46. The van der Waals surface area contributed by atoms with Crippen LogP contribution in [-0.2, 0) is 5.75 Å². The molecule has 0 saturated carbocycles. The highest BCUT2D eigenvalue weighted by atomic mass is 32.2. The van der Waals surface area contributed by atoms with E-state index in [1.807, 2.05) is 0 Å². The molecule has 1 heterocycles. The molecule has 10 heteroatoms. The van der Waals surface area contributed by atoms with Crippen molar-refractivity contribution >= 4 is 11.8 Å². The van der Waals surface area contributed by atoms with Crippen molar-refractivity contribution in [1.29, 1.82) is 0 Å². The summed E-state index contributed by atoms with van der Waals surface area (Å²) in [6.45, 7) is -2.92. The van der Waals surface area contributed by atoms with Gasteiger partial charge in [-0.1, -0.05) is 17.8 Å². The highest BCUT2D eigenvalue weighted by Gasteiger charge is 2.14. The molecule has 0 bridgehead atoms. The third kappa shape index (κ3) is 5.29. The molecule has 0 unspecified atom stereocenters. The number of ether oxygens (including phenoxy) is 4. The zero-order valence-electron chi connectivity index (χ0n) is 15.8. The summed E-state index contributed by atoms with van der Waals surface area (Å²) in [6, 6.07) is 9.98. The molecule has 0 spiro atoms. The highest BCUT2D eigenvalue weighted by molar-refractivity contribution is 7.98. The van der Waals surface area contributed by atoms with E-state index in [0.29, 0.717) is 33.9 Å². The van der Waals surface area contributed by atoms with Crippen LogP contribution in [-0.4, -0.2) is 38.1 Å². The van der Waals surface area contributed by atoms with E-state index in [1.165, 1.54) is 24.9 Å². The topological polar surface area (TPSA) is 75.8 Å². The smallest absolute Gasteiger partial charge is 0.387 e. The van der Waals surface area contributed by atoms with Gasteiger partial charge in [0.1, 0.15) is 11.5 Å². The predicted molar refractivity (Wildman–Crippen MR) is 102 cm³/mol. The maximum atomic E-state index is 12.4. The van der Waals surface area contributed by atoms with E-state index in [2.05, 4.69) is 14.9 Å². The number of hydrogen-bond acceptors (Lipinski definition) is 8. The highest BCUT2D eigenvalue weighted by Crippen LogP contribution is 2.33. The number of thioether (sulfide) groups is 1. The van der Waals surface area contributed by atoms with Crippen LogP contribution in [0.1, 0.15) is 5.56 Å². The Labute approximate surface area is 169 Å². The number of benzene rings is 2. The molecule has 3 aromatic rings.